The highest BCUT2D eigenvalue weighted by Crippen LogP contribution is 2.22. The summed E-state index contributed by atoms with van der Waals surface area (Å²) in [4.78, 5) is 13.6. The third-order valence-electron chi connectivity index (χ3n) is 4.82. The van der Waals surface area contributed by atoms with Crippen LogP contribution >= 0.6 is 11.8 Å². The molecule has 1 amide bonds. The summed E-state index contributed by atoms with van der Waals surface area (Å²) in [5, 5.41) is 20.8. The Morgan fingerprint density at radius 1 is 1.12 bits per heavy atom. The number of allylic oxidation sites excluding steroid dienone is 1. The van der Waals surface area contributed by atoms with Gasteiger partial charge in [0.2, 0.25) is 0 Å². The molecule has 8 heteroatoms. The number of nitriles is 1. The van der Waals surface area contributed by atoms with E-state index in [0.29, 0.717) is 28.0 Å². The number of fused-ring (bicyclic) bond motifs is 1. The van der Waals surface area contributed by atoms with Gasteiger partial charge in [-0.3, -0.25) is 4.79 Å². The molecule has 1 N–H and O–H groups in total. The highest BCUT2D eigenvalue weighted by atomic mass is 32.2. The van der Waals surface area contributed by atoms with Crippen molar-refractivity contribution in [2.45, 2.75) is 4.90 Å². The number of amides is 1. The van der Waals surface area contributed by atoms with Gasteiger partial charge in [0, 0.05) is 16.1 Å². The number of nitrogens with one attached hydrogen (secondary N) is 1. The lowest BCUT2D eigenvalue weighted by atomic mass is 10.2. The van der Waals surface area contributed by atoms with Gasteiger partial charge in [0.05, 0.1) is 12.6 Å². The second kappa shape index (κ2) is 9.37. The third-order valence-corrected chi connectivity index (χ3v) is 5.56. The first kappa shape index (κ1) is 21.2. The van der Waals surface area contributed by atoms with Crippen LogP contribution in [0.2, 0.25) is 0 Å². The SMILES string of the molecule is COc1ccc(/C=C(\C#N)n2nnc3cc(NC(=O)c4ccc(SC)cc4)ccc32)cc1. The summed E-state index contributed by atoms with van der Waals surface area (Å²) < 4.78 is 6.64. The normalized spacial score (nSPS) is 11.2. The van der Waals surface area contributed by atoms with E-state index in [0.717, 1.165) is 16.2 Å². The molecule has 4 aromatic rings. The topological polar surface area (TPSA) is 92.8 Å². The maximum atomic E-state index is 12.5. The molecule has 0 aliphatic rings. The molecule has 1 heterocycles. The minimum absolute atomic E-state index is 0.207. The molecule has 0 fully saturated rings. The number of anilines is 1. The third kappa shape index (κ3) is 4.48. The summed E-state index contributed by atoms with van der Waals surface area (Å²) >= 11 is 1.62. The number of rotatable bonds is 6. The molecule has 0 saturated heterocycles. The average molecular weight is 442 g/mol. The van der Waals surface area contributed by atoms with Gasteiger partial charge in [0.25, 0.3) is 5.91 Å². The first-order chi connectivity index (χ1) is 15.6. The summed E-state index contributed by atoms with van der Waals surface area (Å²) in [7, 11) is 1.60. The van der Waals surface area contributed by atoms with Crippen LogP contribution in [-0.2, 0) is 0 Å². The van der Waals surface area contributed by atoms with E-state index in [9.17, 15) is 10.1 Å². The van der Waals surface area contributed by atoms with Gasteiger partial charge in [-0.2, -0.15) is 5.26 Å². The van der Waals surface area contributed by atoms with Crippen molar-refractivity contribution in [2.24, 2.45) is 0 Å². The number of nitrogens with zero attached hydrogens (tertiary/aromatic N) is 4. The Labute approximate surface area is 189 Å². The number of hydrogen-bond donors (Lipinski definition) is 1. The lowest BCUT2D eigenvalue weighted by Crippen LogP contribution is -2.11. The van der Waals surface area contributed by atoms with Gasteiger partial charge in [-0.25, -0.2) is 4.68 Å². The van der Waals surface area contributed by atoms with Crippen molar-refractivity contribution in [1.82, 2.24) is 15.0 Å². The van der Waals surface area contributed by atoms with Gasteiger partial charge in [-0.1, -0.05) is 17.3 Å². The van der Waals surface area contributed by atoms with E-state index in [1.54, 1.807) is 55.3 Å². The Hall–Kier alpha value is -4.09. The number of aromatic nitrogens is 3. The van der Waals surface area contributed by atoms with Crippen LogP contribution in [-0.4, -0.2) is 34.3 Å². The number of hydrogen-bond acceptors (Lipinski definition) is 6. The molecule has 1 aromatic heterocycles. The van der Waals surface area contributed by atoms with Crippen molar-refractivity contribution in [3.05, 3.63) is 77.9 Å². The van der Waals surface area contributed by atoms with Crippen LogP contribution in [0.4, 0.5) is 5.69 Å². The van der Waals surface area contributed by atoms with Gasteiger partial charge in [-0.15, -0.1) is 16.9 Å². The van der Waals surface area contributed by atoms with Crippen molar-refractivity contribution in [3.63, 3.8) is 0 Å². The molecule has 0 spiro atoms. The van der Waals surface area contributed by atoms with Crippen LogP contribution < -0.4 is 10.1 Å². The van der Waals surface area contributed by atoms with Crippen molar-refractivity contribution < 1.29 is 9.53 Å². The van der Waals surface area contributed by atoms with E-state index in [2.05, 4.69) is 21.7 Å². The summed E-state index contributed by atoms with van der Waals surface area (Å²) in [5.41, 5.74) is 3.55. The lowest BCUT2D eigenvalue weighted by molar-refractivity contribution is 0.102. The van der Waals surface area contributed by atoms with E-state index in [1.165, 1.54) is 4.68 Å². The van der Waals surface area contributed by atoms with Crippen LogP contribution in [0.5, 0.6) is 5.75 Å². The quantitative estimate of drug-likeness (QED) is 0.337. The first-order valence-electron chi connectivity index (χ1n) is 9.68. The molecular formula is C24H19N5O2S. The van der Waals surface area contributed by atoms with Crippen molar-refractivity contribution in [1.29, 1.82) is 5.26 Å². The molecule has 0 aliphatic heterocycles. The fourth-order valence-corrected chi connectivity index (χ4v) is 3.53. The Bertz CT molecular complexity index is 1340. The van der Waals surface area contributed by atoms with E-state index >= 15 is 0 Å². The van der Waals surface area contributed by atoms with Gasteiger partial charge in [0.1, 0.15) is 23.0 Å². The molecule has 7 nitrogen and oxygen atoms in total. The molecule has 0 saturated carbocycles. The maximum absolute atomic E-state index is 12.5. The van der Waals surface area contributed by atoms with Crippen LogP contribution in [0, 0.1) is 11.3 Å². The summed E-state index contributed by atoms with van der Waals surface area (Å²) in [5.74, 6) is 0.531. The molecule has 0 bridgehead atoms. The zero-order valence-electron chi connectivity index (χ0n) is 17.4. The molecule has 0 aliphatic carbocycles. The fraction of sp³-hybridized carbons (Fsp3) is 0.0833. The number of benzene rings is 3. The molecule has 0 atom stereocenters. The second-order valence-electron chi connectivity index (χ2n) is 6.80. The minimum atomic E-state index is -0.207. The van der Waals surface area contributed by atoms with Crippen molar-refractivity contribution in [3.8, 4) is 11.8 Å². The van der Waals surface area contributed by atoms with Crippen LogP contribution in [0.25, 0.3) is 22.8 Å². The zero-order valence-corrected chi connectivity index (χ0v) is 18.3. The van der Waals surface area contributed by atoms with E-state index in [-0.39, 0.29) is 5.91 Å². The Morgan fingerprint density at radius 3 is 2.53 bits per heavy atom. The van der Waals surface area contributed by atoms with E-state index in [4.69, 9.17) is 4.74 Å². The molecule has 32 heavy (non-hydrogen) atoms. The summed E-state index contributed by atoms with van der Waals surface area (Å²) in [6.45, 7) is 0. The van der Waals surface area contributed by atoms with E-state index < -0.39 is 0 Å². The largest absolute Gasteiger partial charge is 0.497 e. The standard InChI is InChI=1S/C24H19N5O2S/c1-31-20-8-3-16(4-9-20)13-19(15-25)29-23-12-7-18(14-22(23)27-28-29)26-24(30)17-5-10-21(32-2)11-6-17/h3-14H,1-2H3,(H,26,30)/b19-13+. The van der Waals surface area contributed by atoms with Crippen LogP contribution in [0.1, 0.15) is 15.9 Å². The average Bonchev–Trinajstić information content (AvgIpc) is 3.26. The number of thioether (sulfide) groups is 1. The Balaban J connectivity index is 1.58. The molecule has 4 rings (SSSR count). The molecule has 0 radical (unpaired) electrons. The number of carbonyl (C=O) groups excluding carboxylic acids is 1. The van der Waals surface area contributed by atoms with Crippen molar-refractivity contribution >= 4 is 46.2 Å². The highest BCUT2D eigenvalue weighted by molar-refractivity contribution is 7.98. The van der Waals surface area contributed by atoms with Crippen LogP contribution in [0.3, 0.4) is 0 Å². The number of carbonyl (C=O) groups is 1. The number of ether oxygens (including phenoxy) is 1. The smallest absolute Gasteiger partial charge is 0.255 e. The van der Waals surface area contributed by atoms with Gasteiger partial charge < -0.3 is 10.1 Å². The zero-order chi connectivity index (χ0) is 22.5. The molecule has 158 valence electrons. The fourth-order valence-electron chi connectivity index (χ4n) is 3.12. The van der Waals surface area contributed by atoms with Gasteiger partial charge in [-0.05, 0) is 72.5 Å². The van der Waals surface area contributed by atoms with E-state index in [1.807, 2.05) is 42.7 Å². The molecule has 3 aromatic carbocycles. The first-order valence-corrected chi connectivity index (χ1v) is 10.9. The summed E-state index contributed by atoms with van der Waals surface area (Å²) in [6, 6.07) is 22.2. The monoisotopic (exact) mass is 441 g/mol. The Kier molecular flexibility index (Phi) is 6.19. The number of methoxy groups -OCH3 is 1. The molecule has 0 unspecified atom stereocenters. The second-order valence-corrected chi connectivity index (χ2v) is 7.68. The lowest BCUT2D eigenvalue weighted by Gasteiger charge is -2.06. The van der Waals surface area contributed by atoms with Gasteiger partial charge >= 0.3 is 0 Å². The Morgan fingerprint density at radius 2 is 1.88 bits per heavy atom. The predicted octanol–water partition coefficient (Wildman–Crippen LogP) is 4.94. The highest BCUT2D eigenvalue weighted by Gasteiger charge is 2.12. The minimum Gasteiger partial charge on any atom is -0.497 e. The van der Waals surface area contributed by atoms with Gasteiger partial charge in [0.15, 0.2) is 0 Å². The summed E-state index contributed by atoms with van der Waals surface area (Å²) in [6.07, 6.45) is 3.71. The maximum Gasteiger partial charge on any atom is 0.255 e. The van der Waals surface area contributed by atoms with Crippen molar-refractivity contribution in [2.75, 3.05) is 18.7 Å². The molecular weight excluding hydrogens is 422 g/mol. The van der Waals surface area contributed by atoms with Crippen LogP contribution in [0.15, 0.2) is 71.6 Å². The predicted molar refractivity (Wildman–Crippen MR) is 126 cm³/mol.